The smallest absolute Gasteiger partial charge is 0.216 e. The van der Waals surface area contributed by atoms with Gasteiger partial charge in [0.1, 0.15) is 6.54 Å². The van der Waals surface area contributed by atoms with E-state index in [9.17, 15) is 4.79 Å². The molecule has 0 bridgehead atoms. The number of likely N-dealkylation sites (tertiary alicyclic amines) is 1. The molecule has 0 aliphatic carbocycles. The third kappa shape index (κ3) is 2.58. The van der Waals surface area contributed by atoms with E-state index in [0.29, 0.717) is 12.6 Å². The minimum Gasteiger partial charge on any atom is -0.317 e. The van der Waals surface area contributed by atoms with Crippen LogP contribution in [0.3, 0.4) is 0 Å². The molecule has 17 heavy (non-hydrogen) atoms. The second-order valence-electron chi connectivity index (χ2n) is 5.35. The van der Waals surface area contributed by atoms with Crippen LogP contribution in [0.1, 0.15) is 36.5 Å². The Bertz CT molecular complexity index is 387. The molecule has 1 aromatic rings. The molecule has 1 unspecified atom stereocenters. The Hall–Kier alpha value is -1.15. The van der Waals surface area contributed by atoms with E-state index in [2.05, 4.69) is 14.0 Å². The fourth-order valence-corrected chi connectivity index (χ4v) is 3.08. The molecule has 1 fully saturated rings. The van der Waals surface area contributed by atoms with Gasteiger partial charge in [0.05, 0.1) is 19.6 Å². The summed E-state index contributed by atoms with van der Waals surface area (Å²) in [6.45, 7) is 4.04. The number of carbonyl (C=O) groups is 1. The summed E-state index contributed by atoms with van der Waals surface area (Å²) in [7, 11) is 2.24. The van der Waals surface area contributed by atoms with Gasteiger partial charge in [-0.2, -0.15) is 0 Å². The number of quaternary nitrogens is 1. The number of hydrogen-bond donors (Lipinski definition) is 0. The highest BCUT2D eigenvalue weighted by Crippen LogP contribution is 2.27. The fourth-order valence-electron chi connectivity index (χ4n) is 3.08. The zero-order valence-corrected chi connectivity index (χ0v) is 10.9. The molecule has 1 aliphatic heterocycles. The van der Waals surface area contributed by atoms with Crippen LogP contribution in [-0.2, 0) is 0 Å². The highest BCUT2D eigenvalue weighted by molar-refractivity contribution is 5.96. The quantitative estimate of drug-likeness (QED) is 0.576. The Balaban J connectivity index is 2.08. The van der Waals surface area contributed by atoms with E-state index in [4.69, 9.17) is 0 Å². The summed E-state index contributed by atoms with van der Waals surface area (Å²) in [5, 5.41) is 0. The van der Waals surface area contributed by atoms with E-state index < -0.39 is 0 Å². The molecule has 0 amide bonds. The van der Waals surface area contributed by atoms with Crippen molar-refractivity contribution in [3.63, 3.8) is 0 Å². The second kappa shape index (κ2) is 5.01. The van der Waals surface area contributed by atoms with Crippen molar-refractivity contribution in [1.82, 2.24) is 0 Å². The van der Waals surface area contributed by atoms with E-state index in [0.717, 1.165) is 16.6 Å². The van der Waals surface area contributed by atoms with Gasteiger partial charge in [-0.15, -0.1) is 0 Å². The molecule has 0 aromatic heterocycles. The van der Waals surface area contributed by atoms with E-state index in [-0.39, 0.29) is 5.78 Å². The maximum atomic E-state index is 12.3. The lowest BCUT2D eigenvalue weighted by molar-refractivity contribution is -0.913. The van der Waals surface area contributed by atoms with Gasteiger partial charge in [0, 0.05) is 18.4 Å². The van der Waals surface area contributed by atoms with Gasteiger partial charge >= 0.3 is 0 Å². The van der Waals surface area contributed by atoms with E-state index in [1.165, 1.54) is 19.3 Å². The summed E-state index contributed by atoms with van der Waals surface area (Å²) >= 11 is 0. The largest absolute Gasteiger partial charge is 0.317 e. The molecule has 0 N–H and O–H groups in total. The van der Waals surface area contributed by atoms with Crippen LogP contribution in [0.5, 0.6) is 0 Å². The summed E-state index contributed by atoms with van der Waals surface area (Å²) in [5.74, 6) is 0.286. The molecule has 92 valence electrons. The first-order valence-electron chi connectivity index (χ1n) is 6.58. The third-order valence-electron chi connectivity index (χ3n) is 4.16. The van der Waals surface area contributed by atoms with Crippen LogP contribution < -0.4 is 0 Å². The zero-order chi connectivity index (χ0) is 12.3. The minimum atomic E-state index is 0.286. The normalized spacial score (nSPS) is 28.2. The molecule has 1 heterocycles. The number of Topliss-reactive ketones (excluding diaryl/α,β-unsaturated/α-hetero) is 1. The topological polar surface area (TPSA) is 17.1 Å². The molecule has 0 saturated carbocycles. The van der Waals surface area contributed by atoms with Gasteiger partial charge in [0.2, 0.25) is 5.78 Å². The number of nitrogens with zero attached hydrogens (tertiary/aromatic N) is 1. The molecular weight excluding hydrogens is 210 g/mol. The van der Waals surface area contributed by atoms with Crippen molar-refractivity contribution in [2.24, 2.45) is 0 Å². The molecule has 1 aliphatic rings. The van der Waals surface area contributed by atoms with Crippen LogP contribution >= 0.6 is 0 Å². The predicted octanol–water partition coefficient (Wildman–Crippen LogP) is 2.89. The van der Waals surface area contributed by atoms with Gasteiger partial charge in [-0.3, -0.25) is 4.79 Å². The SMILES string of the molecule is CC[C@H]1CCC[N+]1(C)CC(=O)c1ccccc1. The molecule has 0 radical (unpaired) electrons. The zero-order valence-electron chi connectivity index (χ0n) is 10.9. The Morgan fingerprint density at radius 2 is 2.06 bits per heavy atom. The molecule has 2 atom stereocenters. The van der Waals surface area contributed by atoms with Crippen LogP contribution in [0.25, 0.3) is 0 Å². The molecule has 1 aromatic carbocycles. The molecular formula is C15H22NO+. The van der Waals surface area contributed by atoms with Crippen molar-refractivity contribution in [3.05, 3.63) is 35.9 Å². The maximum Gasteiger partial charge on any atom is 0.216 e. The second-order valence-corrected chi connectivity index (χ2v) is 5.35. The molecule has 1 saturated heterocycles. The summed E-state index contributed by atoms with van der Waals surface area (Å²) < 4.78 is 0.935. The highest BCUT2D eigenvalue weighted by Gasteiger charge is 2.38. The number of ketones is 1. The van der Waals surface area contributed by atoms with Crippen LogP contribution in [0.2, 0.25) is 0 Å². The van der Waals surface area contributed by atoms with Gasteiger partial charge < -0.3 is 4.48 Å². The average Bonchev–Trinajstić information content (AvgIpc) is 2.71. The number of benzene rings is 1. The van der Waals surface area contributed by atoms with Crippen LogP contribution in [-0.4, -0.2) is 36.4 Å². The Labute approximate surface area is 104 Å². The van der Waals surface area contributed by atoms with Gasteiger partial charge in [-0.1, -0.05) is 37.3 Å². The van der Waals surface area contributed by atoms with Gasteiger partial charge in [-0.05, 0) is 6.42 Å². The Morgan fingerprint density at radius 3 is 2.71 bits per heavy atom. The van der Waals surface area contributed by atoms with Crippen molar-refractivity contribution in [3.8, 4) is 0 Å². The lowest BCUT2D eigenvalue weighted by Gasteiger charge is -2.35. The van der Waals surface area contributed by atoms with Crippen LogP contribution in [0, 0.1) is 0 Å². The summed E-state index contributed by atoms with van der Waals surface area (Å²) in [5.41, 5.74) is 0.855. The number of rotatable bonds is 4. The summed E-state index contributed by atoms with van der Waals surface area (Å²) in [6.07, 6.45) is 3.71. The van der Waals surface area contributed by atoms with Crippen LogP contribution in [0.4, 0.5) is 0 Å². The first-order chi connectivity index (χ1) is 8.15. The highest BCUT2D eigenvalue weighted by atomic mass is 16.1. The van der Waals surface area contributed by atoms with Crippen molar-refractivity contribution in [2.75, 3.05) is 20.1 Å². The predicted molar refractivity (Wildman–Crippen MR) is 70.0 cm³/mol. The minimum absolute atomic E-state index is 0.286. The van der Waals surface area contributed by atoms with Crippen molar-refractivity contribution >= 4 is 5.78 Å². The first kappa shape index (κ1) is 12.3. The summed E-state index contributed by atoms with van der Waals surface area (Å²) in [6, 6.07) is 10.3. The van der Waals surface area contributed by atoms with E-state index >= 15 is 0 Å². The van der Waals surface area contributed by atoms with Gasteiger partial charge in [0.15, 0.2) is 0 Å². The number of hydrogen-bond acceptors (Lipinski definition) is 1. The van der Waals surface area contributed by atoms with Crippen molar-refractivity contribution in [2.45, 2.75) is 32.2 Å². The number of likely N-dealkylation sites (N-methyl/N-ethyl adjacent to an activating group) is 1. The molecule has 0 spiro atoms. The van der Waals surface area contributed by atoms with Crippen LogP contribution in [0.15, 0.2) is 30.3 Å². The number of carbonyl (C=O) groups excluding carboxylic acids is 1. The van der Waals surface area contributed by atoms with E-state index in [1.54, 1.807) is 0 Å². The van der Waals surface area contributed by atoms with E-state index in [1.807, 2.05) is 30.3 Å². The molecule has 2 nitrogen and oxygen atoms in total. The Kier molecular flexibility index (Phi) is 3.63. The lowest BCUT2D eigenvalue weighted by atomic mass is 10.1. The summed E-state index contributed by atoms with van der Waals surface area (Å²) in [4.78, 5) is 12.3. The maximum absolute atomic E-state index is 12.3. The van der Waals surface area contributed by atoms with Gasteiger partial charge in [0.25, 0.3) is 0 Å². The van der Waals surface area contributed by atoms with Gasteiger partial charge in [-0.25, -0.2) is 0 Å². The molecule has 2 heteroatoms. The Morgan fingerprint density at radius 1 is 1.35 bits per heavy atom. The van der Waals surface area contributed by atoms with Crippen molar-refractivity contribution < 1.29 is 9.28 Å². The lowest BCUT2D eigenvalue weighted by Crippen LogP contribution is -2.50. The monoisotopic (exact) mass is 232 g/mol. The molecule has 2 rings (SSSR count). The first-order valence-corrected chi connectivity index (χ1v) is 6.58. The van der Waals surface area contributed by atoms with Crippen molar-refractivity contribution in [1.29, 1.82) is 0 Å². The fraction of sp³-hybridized carbons (Fsp3) is 0.533. The standard InChI is InChI=1S/C15H22NO/c1-3-14-10-7-11-16(14,2)12-15(17)13-8-5-4-6-9-13/h4-6,8-9,14H,3,7,10-12H2,1-2H3/q+1/t14-,16?/m0/s1. The average molecular weight is 232 g/mol. The third-order valence-corrected chi connectivity index (χ3v) is 4.16.